The lowest BCUT2D eigenvalue weighted by molar-refractivity contribution is 0.155. The monoisotopic (exact) mass is 421 g/mol. The van der Waals surface area contributed by atoms with E-state index in [1.165, 1.54) is 0 Å². The zero-order chi connectivity index (χ0) is 22.0. The largest absolute Gasteiger partial charge is 0.497 e. The Morgan fingerprint density at radius 2 is 1.90 bits per heavy atom. The van der Waals surface area contributed by atoms with E-state index in [0.29, 0.717) is 23.0 Å². The van der Waals surface area contributed by atoms with Crippen molar-refractivity contribution in [1.82, 2.24) is 19.3 Å². The van der Waals surface area contributed by atoms with E-state index < -0.39 is 6.09 Å². The summed E-state index contributed by atoms with van der Waals surface area (Å²) in [7, 11) is 6.85. The Bertz CT molecular complexity index is 1240. The van der Waals surface area contributed by atoms with Crippen LogP contribution in [0.5, 0.6) is 11.5 Å². The number of aryl methyl sites for hydroxylation is 2. The van der Waals surface area contributed by atoms with Crippen LogP contribution in [0.1, 0.15) is 5.56 Å². The molecule has 2 aromatic heterocycles. The molecule has 0 saturated carbocycles. The van der Waals surface area contributed by atoms with Crippen molar-refractivity contribution in [2.75, 3.05) is 19.5 Å². The van der Waals surface area contributed by atoms with Gasteiger partial charge >= 0.3 is 6.09 Å². The van der Waals surface area contributed by atoms with E-state index in [9.17, 15) is 4.79 Å². The Labute approximate surface area is 179 Å². The van der Waals surface area contributed by atoms with Gasteiger partial charge in [-0.3, -0.25) is 10.00 Å². The highest BCUT2D eigenvalue weighted by Crippen LogP contribution is 2.33. The zero-order valence-corrected chi connectivity index (χ0v) is 17.7. The molecule has 31 heavy (non-hydrogen) atoms. The highest BCUT2D eigenvalue weighted by Gasteiger charge is 2.15. The van der Waals surface area contributed by atoms with Crippen molar-refractivity contribution in [3.8, 4) is 22.8 Å². The van der Waals surface area contributed by atoms with Crippen LogP contribution in [0, 0.1) is 0 Å². The molecule has 0 radical (unpaired) electrons. The van der Waals surface area contributed by atoms with Crippen LogP contribution in [0.3, 0.4) is 0 Å². The van der Waals surface area contributed by atoms with Gasteiger partial charge in [0.1, 0.15) is 23.9 Å². The number of aromatic nitrogens is 4. The normalized spacial score (nSPS) is 10.8. The smallest absolute Gasteiger partial charge is 0.413 e. The number of fused-ring (bicyclic) bond motifs is 1. The molecule has 160 valence electrons. The number of hydrogen-bond acceptors (Lipinski definition) is 6. The van der Waals surface area contributed by atoms with E-state index in [2.05, 4.69) is 15.4 Å². The van der Waals surface area contributed by atoms with Crippen molar-refractivity contribution in [3.05, 3.63) is 54.4 Å². The first-order valence-electron chi connectivity index (χ1n) is 9.58. The first-order chi connectivity index (χ1) is 15.0. The first-order valence-corrected chi connectivity index (χ1v) is 9.58. The molecule has 2 aromatic carbocycles. The maximum atomic E-state index is 12.3. The van der Waals surface area contributed by atoms with Gasteiger partial charge in [-0.1, -0.05) is 6.07 Å². The molecule has 4 aromatic rings. The third-order valence-electron chi connectivity index (χ3n) is 4.95. The summed E-state index contributed by atoms with van der Waals surface area (Å²) in [5, 5.41) is 7.19. The molecule has 0 aliphatic heterocycles. The minimum absolute atomic E-state index is 0.134. The van der Waals surface area contributed by atoms with Gasteiger partial charge in [0.15, 0.2) is 0 Å². The van der Waals surface area contributed by atoms with Crippen molar-refractivity contribution in [1.29, 1.82) is 0 Å². The Morgan fingerprint density at radius 3 is 2.68 bits per heavy atom. The van der Waals surface area contributed by atoms with E-state index in [0.717, 1.165) is 22.2 Å². The van der Waals surface area contributed by atoms with Crippen molar-refractivity contribution >= 4 is 22.9 Å². The average molecular weight is 421 g/mol. The maximum absolute atomic E-state index is 12.3. The summed E-state index contributed by atoms with van der Waals surface area (Å²) in [6.07, 6.45) is 1.18. The summed E-state index contributed by atoms with van der Waals surface area (Å²) in [4.78, 5) is 16.6. The predicted molar refractivity (Wildman–Crippen MR) is 116 cm³/mol. The van der Waals surface area contributed by atoms with Crippen LogP contribution < -0.4 is 14.8 Å². The SMILES string of the molecule is COc1ccc(-c2cc(NC(=O)OCc3ccc4c(c3)ncn4C)n(C)n2)c(OC)c1. The number of anilines is 1. The molecule has 4 rings (SSSR count). The fourth-order valence-corrected chi connectivity index (χ4v) is 3.29. The van der Waals surface area contributed by atoms with Gasteiger partial charge in [-0.15, -0.1) is 0 Å². The lowest BCUT2D eigenvalue weighted by Crippen LogP contribution is -2.15. The van der Waals surface area contributed by atoms with Crippen LogP contribution in [-0.2, 0) is 25.4 Å². The van der Waals surface area contributed by atoms with E-state index in [1.54, 1.807) is 44.4 Å². The van der Waals surface area contributed by atoms with Gasteiger partial charge in [-0.2, -0.15) is 5.10 Å². The summed E-state index contributed by atoms with van der Waals surface area (Å²) < 4.78 is 19.5. The minimum Gasteiger partial charge on any atom is -0.497 e. The lowest BCUT2D eigenvalue weighted by Gasteiger charge is -2.08. The van der Waals surface area contributed by atoms with Gasteiger partial charge in [0, 0.05) is 31.8 Å². The topological polar surface area (TPSA) is 92.4 Å². The van der Waals surface area contributed by atoms with Gasteiger partial charge in [0.25, 0.3) is 0 Å². The minimum atomic E-state index is -0.572. The van der Waals surface area contributed by atoms with Crippen molar-refractivity contribution < 1.29 is 19.0 Å². The molecule has 0 unspecified atom stereocenters. The van der Waals surface area contributed by atoms with E-state index >= 15 is 0 Å². The van der Waals surface area contributed by atoms with Crippen molar-refractivity contribution in [3.63, 3.8) is 0 Å². The second-order valence-corrected chi connectivity index (χ2v) is 6.98. The number of rotatable bonds is 6. The third-order valence-corrected chi connectivity index (χ3v) is 4.95. The van der Waals surface area contributed by atoms with Gasteiger partial charge in [0.2, 0.25) is 0 Å². The molecule has 1 N–H and O–H groups in total. The molecule has 0 fully saturated rings. The quantitative estimate of drug-likeness (QED) is 0.510. The standard InChI is InChI=1S/C22H23N5O4/c1-26-13-23-18-9-14(5-8-19(18)26)12-31-22(28)24-21-11-17(25-27(21)2)16-7-6-15(29-3)10-20(16)30-4/h5-11,13H,12H2,1-4H3,(H,24,28). The molecule has 0 aliphatic rings. The Morgan fingerprint density at radius 1 is 1.06 bits per heavy atom. The fraction of sp³-hybridized carbons (Fsp3) is 0.227. The van der Waals surface area contributed by atoms with Gasteiger partial charge in [0.05, 0.1) is 37.3 Å². The Kier molecular flexibility index (Phi) is 5.48. The number of carbonyl (C=O) groups excluding carboxylic acids is 1. The van der Waals surface area contributed by atoms with Crippen LogP contribution in [0.2, 0.25) is 0 Å². The summed E-state index contributed by atoms with van der Waals surface area (Å²) in [6.45, 7) is 0.134. The summed E-state index contributed by atoms with van der Waals surface area (Å²) >= 11 is 0. The molecule has 0 saturated heterocycles. The van der Waals surface area contributed by atoms with Crippen LogP contribution in [0.4, 0.5) is 10.6 Å². The number of nitrogens with one attached hydrogen (secondary N) is 1. The van der Waals surface area contributed by atoms with Gasteiger partial charge < -0.3 is 18.8 Å². The molecule has 0 aliphatic carbocycles. The van der Waals surface area contributed by atoms with Crippen LogP contribution in [0.15, 0.2) is 48.8 Å². The second kappa shape index (κ2) is 8.39. The Balaban J connectivity index is 1.44. The number of methoxy groups -OCH3 is 2. The number of benzene rings is 2. The number of carbonyl (C=O) groups is 1. The molecule has 9 heteroatoms. The van der Waals surface area contributed by atoms with Crippen molar-refractivity contribution in [2.24, 2.45) is 14.1 Å². The number of hydrogen-bond donors (Lipinski definition) is 1. The molecule has 9 nitrogen and oxygen atoms in total. The fourth-order valence-electron chi connectivity index (χ4n) is 3.29. The number of amides is 1. The van der Waals surface area contributed by atoms with Crippen LogP contribution in [0.25, 0.3) is 22.3 Å². The highest BCUT2D eigenvalue weighted by molar-refractivity contribution is 5.85. The van der Waals surface area contributed by atoms with E-state index in [4.69, 9.17) is 14.2 Å². The number of ether oxygens (including phenoxy) is 3. The van der Waals surface area contributed by atoms with Crippen LogP contribution >= 0.6 is 0 Å². The summed E-state index contributed by atoms with van der Waals surface area (Å²) in [5.41, 5.74) is 4.16. The zero-order valence-electron chi connectivity index (χ0n) is 17.7. The number of nitrogens with zero attached hydrogens (tertiary/aromatic N) is 4. The van der Waals surface area contributed by atoms with Gasteiger partial charge in [-0.25, -0.2) is 9.78 Å². The van der Waals surface area contributed by atoms with E-state index in [1.807, 2.05) is 41.9 Å². The molecular weight excluding hydrogens is 398 g/mol. The molecule has 0 spiro atoms. The highest BCUT2D eigenvalue weighted by atomic mass is 16.5. The predicted octanol–water partition coefficient (Wildman–Crippen LogP) is 3.74. The first kappa shape index (κ1) is 20.3. The summed E-state index contributed by atoms with van der Waals surface area (Å²) in [5.74, 6) is 1.80. The lowest BCUT2D eigenvalue weighted by atomic mass is 10.1. The van der Waals surface area contributed by atoms with Crippen LogP contribution in [-0.4, -0.2) is 39.6 Å². The number of imidazole rings is 1. The molecule has 1 amide bonds. The molecular formula is C22H23N5O4. The summed E-state index contributed by atoms with van der Waals surface area (Å²) in [6, 6.07) is 13.0. The molecule has 0 atom stereocenters. The second-order valence-electron chi connectivity index (χ2n) is 6.98. The molecule has 0 bridgehead atoms. The van der Waals surface area contributed by atoms with E-state index in [-0.39, 0.29) is 6.61 Å². The Hall–Kier alpha value is -4.01. The van der Waals surface area contributed by atoms with Crippen molar-refractivity contribution in [2.45, 2.75) is 6.61 Å². The molecule has 2 heterocycles. The third kappa shape index (κ3) is 4.16. The average Bonchev–Trinajstić information content (AvgIpc) is 3.33. The maximum Gasteiger partial charge on any atom is 0.413 e. The van der Waals surface area contributed by atoms with Gasteiger partial charge in [-0.05, 0) is 29.8 Å².